The Kier molecular flexibility index (Phi) is 4.74. The lowest BCUT2D eigenvalue weighted by molar-refractivity contribution is 0.297. The second-order valence-corrected chi connectivity index (χ2v) is 4.92. The number of aliphatic imine (C=N–C) groups is 1. The molecule has 0 aromatic heterocycles. The summed E-state index contributed by atoms with van der Waals surface area (Å²) in [6.45, 7) is 2.58. The predicted octanol–water partition coefficient (Wildman–Crippen LogP) is 1.37. The van der Waals surface area contributed by atoms with Gasteiger partial charge in [0.1, 0.15) is 5.82 Å². The van der Waals surface area contributed by atoms with Crippen molar-refractivity contribution in [1.29, 1.82) is 0 Å². The molecule has 0 bridgehead atoms. The van der Waals surface area contributed by atoms with E-state index < -0.39 is 0 Å². The average Bonchev–Trinajstić information content (AvgIpc) is 2.42. The van der Waals surface area contributed by atoms with E-state index in [1.54, 1.807) is 0 Å². The summed E-state index contributed by atoms with van der Waals surface area (Å²) in [4.78, 5) is 6.50. The third-order valence-corrected chi connectivity index (χ3v) is 3.24. The molecule has 1 aromatic carbocycles. The molecule has 104 valence electrons. The van der Waals surface area contributed by atoms with E-state index in [-0.39, 0.29) is 11.9 Å². The Bertz CT molecular complexity index is 428. The van der Waals surface area contributed by atoms with Crippen molar-refractivity contribution in [3.63, 3.8) is 0 Å². The number of hydrogen-bond donors (Lipinski definition) is 2. The third-order valence-electron chi connectivity index (χ3n) is 3.24. The van der Waals surface area contributed by atoms with Gasteiger partial charge in [0.15, 0.2) is 5.96 Å². The zero-order chi connectivity index (χ0) is 13.7. The second kappa shape index (κ2) is 6.52. The minimum Gasteiger partial charge on any atom is -0.356 e. The van der Waals surface area contributed by atoms with E-state index in [1.165, 1.54) is 12.1 Å². The number of guanidine groups is 1. The third kappa shape index (κ3) is 3.92. The van der Waals surface area contributed by atoms with Gasteiger partial charge in [0.2, 0.25) is 0 Å². The van der Waals surface area contributed by atoms with Crippen molar-refractivity contribution in [1.82, 2.24) is 15.5 Å². The molecule has 1 unspecified atom stereocenters. The van der Waals surface area contributed by atoms with Crippen molar-refractivity contribution < 1.29 is 4.39 Å². The van der Waals surface area contributed by atoms with Crippen LogP contribution < -0.4 is 10.6 Å². The van der Waals surface area contributed by atoms with E-state index in [1.807, 2.05) is 26.2 Å². The van der Waals surface area contributed by atoms with E-state index >= 15 is 0 Å². The Morgan fingerprint density at radius 3 is 2.68 bits per heavy atom. The minimum atomic E-state index is -0.201. The van der Waals surface area contributed by atoms with Gasteiger partial charge in [-0.25, -0.2) is 4.39 Å². The Hall–Kier alpha value is -1.62. The average molecular weight is 264 g/mol. The highest BCUT2D eigenvalue weighted by atomic mass is 19.1. The van der Waals surface area contributed by atoms with Gasteiger partial charge in [-0.3, -0.25) is 4.99 Å². The Morgan fingerprint density at radius 1 is 1.37 bits per heavy atom. The number of halogens is 1. The van der Waals surface area contributed by atoms with Crippen LogP contribution in [0, 0.1) is 5.82 Å². The fourth-order valence-corrected chi connectivity index (χ4v) is 2.13. The molecule has 0 saturated heterocycles. The van der Waals surface area contributed by atoms with Gasteiger partial charge in [0.25, 0.3) is 0 Å². The zero-order valence-corrected chi connectivity index (χ0v) is 11.5. The van der Waals surface area contributed by atoms with Gasteiger partial charge < -0.3 is 15.5 Å². The number of nitrogens with one attached hydrogen (secondary N) is 2. The summed E-state index contributed by atoms with van der Waals surface area (Å²) in [5, 5.41) is 6.55. The standard InChI is InChI=1S/C14H21FN4/c1-19(2)13(11-4-6-12(15)7-5-11)10-18-14-16-8-3-9-17-14/h4-7,13H,3,8-10H2,1-2H3,(H2,16,17,18). The fourth-order valence-electron chi connectivity index (χ4n) is 2.13. The van der Waals surface area contributed by atoms with E-state index in [0.717, 1.165) is 37.6 Å². The highest BCUT2D eigenvalue weighted by Crippen LogP contribution is 2.17. The van der Waals surface area contributed by atoms with Gasteiger partial charge in [-0.1, -0.05) is 12.1 Å². The quantitative estimate of drug-likeness (QED) is 0.863. The van der Waals surface area contributed by atoms with Gasteiger partial charge in [-0.15, -0.1) is 0 Å². The number of rotatable bonds is 4. The Labute approximate surface area is 113 Å². The molecule has 1 heterocycles. The van der Waals surface area contributed by atoms with Gasteiger partial charge >= 0.3 is 0 Å². The molecule has 1 aliphatic rings. The predicted molar refractivity (Wildman–Crippen MR) is 75.8 cm³/mol. The van der Waals surface area contributed by atoms with Crippen molar-refractivity contribution in [2.75, 3.05) is 33.7 Å². The molecule has 1 aliphatic heterocycles. The summed E-state index contributed by atoms with van der Waals surface area (Å²) in [7, 11) is 4.04. The van der Waals surface area contributed by atoms with Crippen LogP contribution in [0.25, 0.3) is 0 Å². The van der Waals surface area contributed by atoms with Gasteiger partial charge in [-0.2, -0.15) is 0 Å². The maximum absolute atomic E-state index is 13.0. The maximum Gasteiger partial charge on any atom is 0.191 e. The molecule has 2 N–H and O–H groups in total. The van der Waals surface area contributed by atoms with E-state index in [4.69, 9.17) is 0 Å². The van der Waals surface area contributed by atoms with Gasteiger partial charge in [0.05, 0.1) is 6.04 Å². The van der Waals surface area contributed by atoms with Crippen LogP contribution in [0.5, 0.6) is 0 Å². The van der Waals surface area contributed by atoms with Crippen LogP contribution in [0.2, 0.25) is 0 Å². The Morgan fingerprint density at radius 2 is 2.11 bits per heavy atom. The minimum absolute atomic E-state index is 0.187. The molecule has 19 heavy (non-hydrogen) atoms. The molecule has 0 radical (unpaired) electrons. The first-order chi connectivity index (χ1) is 9.16. The van der Waals surface area contributed by atoms with Gasteiger partial charge in [0, 0.05) is 19.6 Å². The van der Waals surface area contributed by atoms with E-state index in [9.17, 15) is 4.39 Å². The Balaban J connectivity index is 2.00. The van der Waals surface area contributed by atoms with Crippen LogP contribution in [0.1, 0.15) is 18.0 Å². The van der Waals surface area contributed by atoms with E-state index in [0.29, 0.717) is 0 Å². The number of nitrogens with zero attached hydrogens (tertiary/aromatic N) is 2. The molecular formula is C14H21FN4. The van der Waals surface area contributed by atoms with Crippen molar-refractivity contribution in [2.24, 2.45) is 4.99 Å². The zero-order valence-electron chi connectivity index (χ0n) is 11.5. The summed E-state index contributed by atoms with van der Waals surface area (Å²) in [5.41, 5.74) is 1.09. The molecule has 1 aromatic rings. The molecular weight excluding hydrogens is 243 g/mol. The van der Waals surface area contributed by atoms with Crippen molar-refractivity contribution in [3.8, 4) is 0 Å². The topological polar surface area (TPSA) is 39.7 Å². The van der Waals surface area contributed by atoms with Crippen LogP contribution in [0.4, 0.5) is 4.39 Å². The monoisotopic (exact) mass is 264 g/mol. The van der Waals surface area contributed by atoms with Crippen molar-refractivity contribution in [3.05, 3.63) is 35.6 Å². The van der Waals surface area contributed by atoms with E-state index in [2.05, 4.69) is 20.5 Å². The van der Waals surface area contributed by atoms with Crippen LogP contribution in [0.15, 0.2) is 29.3 Å². The summed E-state index contributed by atoms with van der Waals surface area (Å²) in [6.07, 6.45) is 1.08. The largest absolute Gasteiger partial charge is 0.356 e. The SMILES string of the molecule is CN(C)C(CNC1=NCCCN1)c1ccc(F)cc1. The fraction of sp³-hybridized carbons (Fsp3) is 0.500. The van der Waals surface area contributed by atoms with Crippen molar-refractivity contribution >= 4 is 5.96 Å². The smallest absolute Gasteiger partial charge is 0.191 e. The normalized spacial score (nSPS) is 16.7. The summed E-state index contributed by atoms with van der Waals surface area (Å²) in [5.74, 6) is 0.660. The molecule has 0 amide bonds. The number of benzene rings is 1. The lowest BCUT2D eigenvalue weighted by Gasteiger charge is -2.26. The highest BCUT2D eigenvalue weighted by molar-refractivity contribution is 5.80. The lowest BCUT2D eigenvalue weighted by atomic mass is 10.1. The summed E-state index contributed by atoms with van der Waals surface area (Å²) < 4.78 is 13.0. The number of likely N-dealkylation sites (N-methyl/N-ethyl adjacent to an activating group) is 1. The molecule has 0 spiro atoms. The molecule has 5 heteroatoms. The maximum atomic E-state index is 13.0. The first-order valence-electron chi connectivity index (χ1n) is 6.61. The highest BCUT2D eigenvalue weighted by Gasteiger charge is 2.15. The van der Waals surface area contributed by atoms with Crippen molar-refractivity contribution in [2.45, 2.75) is 12.5 Å². The van der Waals surface area contributed by atoms with Crippen LogP contribution in [-0.4, -0.2) is 44.6 Å². The first-order valence-corrected chi connectivity index (χ1v) is 6.61. The molecule has 1 atom stereocenters. The summed E-state index contributed by atoms with van der Waals surface area (Å²) in [6, 6.07) is 6.85. The van der Waals surface area contributed by atoms with Crippen LogP contribution in [0.3, 0.4) is 0 Å². The summed E-state index contributed by atoms with van der Waals surface area (Å²) >= 11 is 0. The first kappa shape index (κ1) is 13.8. The van der Waals surface area contributed by atoms with Crippen LogP contribution >= 0.6 is 0 Å². The molecule has 2 rings (SSSR count). The molecule has 0 saturated carbocycles. The number of hydrogen-bond acceptors (Lipinski definition) is 4. The molecule has 0 aliphatic carbocycles. The molecule has 0 fully saturated rings. The second-order valence-electron chi connectivity index (χ2n) is 4.92. The van der Waals surface area contributed by atoms with Crippen LogP contribution in [-0.2, 0) is 0 Å². The van der Waals surface area contributed by atoms with Gasteiger partial charge in [-0.05, 0) is 38.2 Å². The molecule has 4 nitrogen and oxygen atoms in total. The lowest BCUT2D eigenvalue weighted by Crippen LogP contribution is -2.44.